The summed E-state index contributed by atoms with van der Waals surface area (Å²) in [7, 11) is 0. The molecule has 1 aliphatic heterocycles. The molecule has 0 aromatic carbocycles. The van der Waals surface area contributed by atoms with E-state index >= 15 is 0 Å². The molecule has 3 aliphatic rings. The quantitative estimate of drug-likeness (QED) is 0.319. The summed E-state index contributed by atoms with van der Waals surface area (Å²) in [6, 6.07) is 0. The lowest BCUT2D eigenvalue weighted by atomic mass is 9.69. The Labute approximate surface area is 179 Å². The van der Waals surface area contributed by atoms with E-state index in [4.69, 9.17) is 14.2 Å². The molecule has 3 heteroatoms. The Balaban J connectivity index is 1.57. The molecule has 0 amide bonds. The van der Waals surface area contributed by atoms with Crippen LogP contribution in [-0.2, 0) is 14.2 Å². The molecule has 0 aromatic heterocycles. The van der Waals surface area contributed by atoms with Crippen molar-refractivity contribution >= 4 is 0 Å². The van der Waals surface area contributed by atoms with Crippen molar-refractivity contribution in [3.05, 3.63) is 23.7 Å². The van der Waals surface area contributed by atoms with E-state index in [-0.39, 0.29) is 0 Å². The second-order valence-electron chi connectivity index (χ2n) is 11.3. The van der Waals surface area contributed by atoms with E-state index in [0.29, 0.717) is 23.9 Å². The van der Waals surface area contributed by atoms with Crippen molar-refractivity contribution in [3.8, 4) is 0 Å². The first-order valence-electron chi connectivity index (χ1n) is 11.9. The van der Waals surface area contributed by atoms with Crippen LogP contribution in [0.5, 0.6) is 0 Å². The second-order valence-corrected chi connectivity index (χ2v) is 11.3. The second kappa shape index (κ2) is 9.04. The van der Waals surface area contributed by atoms with E-state index in [0.717, 1.165) is 61.6 Å². The lowest BCUT2D eigenvalue weighted by Gasteiger charge is -2.37. The van der Waals surface area contributed by atoms with Crippen LogP contribution in [0.2, 0.25) is 0 Å². The third kappa shape index (κ3) is 5.81. The van der Waals surface area contributed by atoms with Gasteiger partial charge in [-0.15, -0.1) is 0 Å². The SMILES string of the molecule is CC(C)C1C2C=C(OC(C)(C)OCCCC3=CCCO3)CCC2CC1C(C)(C)C. The van der Waals surface area contributed by atoms with Crippen LogP contribution in [0.3, 0.4) is 0 Å². The van der Waals surface area contributed by atoms with Crippen LogP contribution in [0.25, 0.3) is 0 Å². The summed E-state index contributed by atoms with van der Waals surface area (Å²) in [5, 5.41) is 0. The lowest BCUT2D eigenvalue weighted by Crippen LogP contribution is -2.32. The minimum atomic E-state index is -0.570. The third-order valence-corrected chi connectivity index (χ3v) is 7.20. The van der Waals surface area contributed by atoms with Crippen LogP contribution in [0.1, 0.15) is 87.0 Å². The summed E-state index contributed by atoms with van der Waals surface area (Å²) < 4.78 is 18.1. The highest BCUT2D eigenvalue weighted by atomic mass is 16.7. The molecule has 0 radical (unpaired) electrons. The van der Waals surface area contributed by atoms with Crippen molar-refractivity contribution in [2.45, 2.75) is 92.8 Å². The molecular formula is C26H44O3. The van der Waals surface area contributed by atoms with E-state index < -0.39 is 5.79 Å². The molecule has 29 heavy (non-hydrogen) atoms. The molecule has 166 valence electrons. The highest BCUT2D eigenvalue weighted by molar-refractivity contribution is 5.12. The molecule has 4 atom stereocenters. The maximum absolute atomic E-state index is 6.40. The molecule has 0 spiro atoms. The van der Waals surface area contributed by atoms with Gasteiger partial charge in [-0.1, -0.05) is 34.6 Å². The average molecular weight is 405 g/mol. The van der Waals surface area contributed by atoms with Gasteiger partial charge in [0.1, 0.15) is 0 Å². The van der Waals surface area contributed by atoms with Gasteiger partial charge in [0, 0.05) is 33.1 Å². The van der Waals surface area contributed by atoms with Gasteiger partial charge in [-0.25, -0.2) is 0 Å². The highest BCUT2D eigenvalue weighted by Gasteiger charge is 2.49. The fraction of sp³-hybridized carbons (Fsp3) is 0.846. The first-order valence-corrected chi connectivity index (χ1v) is 11.9. The smallest absolute Gasteiger partial charge is 0.204 e. The summed E-state index contributed by atoms with van der Waals surface area (Å²) in [5.74, 6) is 5.45. The molecule has 4 unspecified atom stereocenters. The highest BCUT2D eigenvalue weighted by Crippen LogP contribution is 2.56. The largest absolute Gasteiger partial charge is 0.498 e. The van der Waals surface area contributed by atoms with Gasteiger partial charge in [-0.05, 0) is 66.4 Å². The lowest BCUT2D eigenvalue weighted by molar-refractivity contribution is -0.193. The number of rotatable bonds is 8. The van der Waals surface area contributed by atoms with Gasteiger partial charge in [0.2, 0.25) is 5.79 Å². The molecule has 0 saturated heterocycles. The number of allylic oxidation sites excluding steroid dienone is 3. The zero-order valence-corrected chi connectivity index (χ0v) is 19.9. The monoisotopic (exact) mass is 404 g/mol. The van der Waals surface area contributed by atoms with Crippen molar-refractivity contribution in [3.63, 3.8) is 0 Å². The maximum Gasteiger partial charge on any atom is 0.204 e. The van der Waals surface area contributed by atoms with Crippen LogP contribution < -0.4 is 0 Å². The van der Waals surface area contributed by atoms with E-state index in [1.165, 1.54) is 12.8 Å². The minimum Gasteiger partial charge on any atom is -0.498 e. The van der Waals surface area contributed by atoms with E-state index in [1.54, 1.807) is 0 Å². The van der Waals surface area contributed by atoms with Gasteiger partial charge in [0.05, 0.1) is 24.7 Å². The molecule has 0 aromatic rings. The van der Waals surface area contributed by atoms with Crippen molar-refractivity contribution in [2.75, 3.05) is 13.2 Å². The fourth-order valence-electron chi connectivity index (χ4n) is 5.88. The van der Waals surface area contributed by atoms with Crippen LogP contribution >= 0.6 is 0 Å². The Bertz CT molecular complexity index is 608. The molecular weight excluding hydrogens is 360 g/mol. The Morgan fingerprint density at radius 3 is 2.55 bits per heavy atom. The fourth-order valence-corrected chi connectivity index (χ4v) is 5.88. The third-order valence-electron chi connectivity index (χ3n) is 7.20. The van der Waals surface area contributed by atoms with E-state index in [9.17, 15) is 0 Å². The Kier molecular flexibility index (Phi) is 7.08. The molecule has 1 heterocycles. The summed E-state index contributed by atoms with van der Waals surface area (Å²) in [6.07, 6.45) is 11.4. The zero-order chi connectivity index (χ0) is 21.2. The maximum atomic E-state index is 6.40. The van der Waals surface area contributed by atoms with Crippen molar-refractivity contribution < 1.29 is 14.2 Å². The van der Waals surface area contributed by atoms with Gasteiger partial charge in [0.25, 0.3) is 0 Å². The topological polar surface area (TPSA) is 27.7 Å². The summed E-state index contributed by atoms with van der Waals surface area (Å²) in [5.41, 5.74) is 0.377. The average Bonchev–Trinajstić information content (AvgIpc) is 3.25. The van der Waals surface area contributed by atoms with Gasteiger partial charge < -0.3 is 14.2 Å². The first kappa shape index (κ1) is 22.7. The van der Waals surface area contributed by atoms with E-state index in [2.05, 4.69) is 60.6 Å². The van der Waals surface area contributed by atoms with Crippen molar-refractivity contribution in [1.82, 2.24) is 0 Å². The number of hydrogen-bond donors (Lipinski definition) is 0. The van der Waals surface area contributed by atoms with Gasteiger partial charge >= 0.3 is 0 Å². The number of fused-ring (bicyclic) bond motifs is 1. The van der Waals surface area contributed by atoms with Gasteiger partial charge in [-0.3, -0.25) is 0 Å². The van der Waals surface area contributed by atoms with E-state index in [1.807, 2.05) is 0 Å². The summed E-state index contributed by atoms with van der Waals surface area (Å²) in [6.45, 7) is 17.7. The van der Waals surface area contributed by atoms with Gasteiger partial charge in [0.15, 0.2) is 0 Å². The zero-order valence-electron chi connectivity index (χ0n) is 19.9. The predicted molar refractivity (Wildman–Crippen MR) is 119 cm³/mol. The first-order chi connectivity index (χ1) is 13.6. The van der Waals surface area contributed by atoms with Crippen LogP contribution in [0.15, 0.2) is 23.7 Å². The number of ether oxygens (including phenoxy) is 3. The standard InChI is InChI=1S/C26H44O3/c1-18(2)24-22-17-21(13-12-19(22)16-23(24)25(3,4)5)29-26(6,7)28-15-9-11-20-10-8-14-27-20/h10,17-19,22-24H,8-9,11-16H2,1-7H3. The Hall–Kier alpha value is -0.960. The Morgan fingerprint density at radius 2 is 1.93 bits per heavy atom. The minimum absolute atomic E-state index is 0.377. The van der Waals surface area contributed by atoms with Gasteiger partial charge in [-0.2, -0.15) is 0 Å². The molecule has 1 saturated carbocycles. The molecule has 3 rings (SSSR count). The Morgan fingerprint density at radius 1 is 1.17 bits per heavy atom. The van der Waals surface area contributed by atoms with Crippen LogP contribution in [0, 0.1) is 35.0 Å². The molecule has 0 bridgehead atoms. The molecule has 3 nitrogen and oxygen atoms in total. The molecule has 2 aliphatic carbocycles. The summed E-state index contributed by atoms with van der Waals surface area (Å²) in [4.78, 5) is 0. The molecule has 0 N–H and O–H groups in total. The van der Waals surface area contributed by atoms with Crippen molar-refractivity contribution in [2.24, 2.45) is 35.0 Å². The van der Waals surface area contributed by atoms with Crippen LogP contribution in [0.4, 0.5) is 0 Å². The van der Waals surface area contributed by atoms with Crippen LogP contribution in [-0.4, -0.2) is 19.0 Å². The summed E-state index contributed by atoms with van der Waals surface area (Å²) >= 11 is 0. The predicted octanol–water partition coefficient (Wildman–Crippen LogP) is 7.09. The van der Waals surface area contributed by atoms with Crippen molar-refractivity contribution in [1.29, 1.82) is 0 Å². The normalized spacial score (nSPS) is 30.1. The number of hydrogen-bond acceptors (Lipinski definition) is 3. The molecule has 1 fully saturated rings.